The molecular formula is C70H118O6. The summed E-state index contributed by atoms with van der Waals surface area (Å²) in [5.41, 5.74) is 0. The minimum absolute atomic E-state index is 0.0883. The number of unbranched alkanes of at least 4 members (excludes halogenated alkanes) is 28. The van der Waals surface area contributed by atoms with E-state index < -0.39 is 6.10 Å². The molecule has 0 bridgehead atoms. The topological polar surface area (TPSA) is 78.9 Å². The summed E-state index contributed by atoms with van der Waals surface area (Å²) in [4.78, 5) is 38.3. The SMILES string of the molecule is CC/C=C\C/C=C\C/C=C\C/C=C\C/C=C\CCCCCCCCCCCC(=O)OCC(COC(=O)CCCCCCC/C=C\CCCCCCCCC)OC(=O)CCCCCCCCC/C=C\C/C=C\C/C=C\CC. The highest BCUT2D eigenvalue weighted by Crippen LogP contribution is 2.15. The molecule has 0 aliphatic rings. The standard InChI is InChI=1S/C70H118O6/c1-4-7-10-13-16-19-22-25-28-31-32-33-34-35-36-37-38-40-42-45-48-51-54-57-60-63-69(72)75-66-67(65-74-68(71)62-59-56-53-50-47-44-41-30-27-24-21-18-15-12-9-6-3)76-70(73)64-61-58-55-52-49-46-43-39-29-26-23-20-17-14-11-8-5-2/h7-8,10-11,16-17,19-20,25-26,28-30,32-33,35-36,41,67H,4-6,9,12-15,18,21-24,27,31,34,37-40,42-66H2,1-3H3/b10-7-,11-8-,19-16-,20-17-,28-25-,29-26-,33-32-,36-35-,41-30-. The van der Waals surface area contributed by atoms with Crippen molar-refractivity contribution in [2.24, 2.45) is 0 Å². The summed E-state index contributed by atoms with van der Waals surface area (Å²) in [6, 6.07) is 0. The first-order chi connectivity index (χ1) is 37.5. The van der Waals surface area contributed by atoms with Crippen molar-refractivity contribution < 1.29 is 28.6 Å². The molecule has 0 radical (unpaired) electrons. The average Bonchev–Trinajstić information content (AvgIpc) is 3.42. The van der Waals surface area contributed by atoms with Gasteiger partial charge in [-0.2, -0.15) is 0 Å². The van der Waals surface area contributed by atoms with E-state index in [2.05, 4.69) is 130 Å². The monoisotopic (exact) mass is 1050 g/mol. The highest BCUT2D eigenvalue weighted by molar-refractivity contribution is 5.71. The average molecular weight is 1060 g/mol. The number of allylic oxidation sites excluding steroid dienone is 18. The van der Waals surface area contributed by atoms with Gasteiger partial charge in [0.2, 0.25) is 0 Å². The van der Waals surface area contributed by atoms with Gasteiger partial charge in [-0.3, -0.25) is 14.4 Å². The lowest BCUT2D eigenvalue weighted by molar-refractivity contribution is -0.167. The van der Waals surface area contributed by atoms with Gasteiger partial charge in [-0.1, -0.05) is 265 Å². The lowest BCUT2D eigenvalue weighted by Gasteiger charge is -2.18. The third kappa shape index (κ3) is 60.9. The summed E-state index contributed by atoms with van der Waals surface area (Å²) in [5.74, 6) is -0.905. The van der Waals surface area contributed by atoms with E-state index >= 15 is 0 Å². The second kappa shape index (κ2) is 63.6. The summed E-state index contributed by atoms with van der Waals surface area (Å²) in [5, 5.41) is 0. The van der Waals surface area contributed by atoms with Gasteiger partial charge in [0, 0.05) is 19.3 Å². The van der Waals surface area contributed by atoms with Crippen LogP contribution in [0.4, 0.5) is 0 Å². The van der Waals surface area contributed by atoms with E-state index in [0.717, 1.165) is 128 Å². The third-order valence-electron chi connectivity index (χ3n) is 13.5. The number of esters is 3. The van der Waals surface area contributed by atoms with E-state index in [9.17, 15) is 14.4 Å². The van der Waals surface area contributed by atoms with Gasteiger partial charge in [0.15, 0.2) is 6.10 Å². The Hall–Kier alpha value is -3.93. The Bertz CT molecular complexity index is 1540. The largest absolute Gasteiger partial charge is 0.462 e. The fourth-order valence-corrected chi connectivity index (χ4v) is 8.77. The van der Waals surface area contributed by atoms with Crippen LogP contribution in [0.2, 0.25) is 0 Å². The maximum Gasteiger partial charge on any atom is 0.306 e. The summed E-state index contributed by atoms with van der Waals surface area (Å²) in [7, 11) is 0. The molecule has 6 nitrogen and oxygen atoms in total. The molecule has 0 fully saturated rings. The molecule has 0 N–H and O–H groups in total. The van der Waals surface area contributed by atoms with Crippen molar-refractivity contribution >= 4 is 17.9 Å². The molecule has 0 aromatic rings. The van der Waals surface area contributed by atoms with Crippen molar-refractivity contribution in [1.82, 2.24) is 0 Å². The summed E-state index contributed by atoms with van der Waals surface area (Å²) < 4.78 is 16.9. The molecule has 0 heterocycles. The van der Waals surface area contributed by atoms with Crippen molar-refractivity contribution in [3.63, 3.8) is 0 Å². The van der Waals surface area contributed by atoms with E-state index in [1.165, 1.54) is 128 Å². The van der Waals surface area contributed by atoms with Gasteiger partial charge in [0.1, 0.15) is 13.2 Å². The molecule has 0 rings (SSSR count). The highest BCUT2D eigenvalue weighted by Gasteiger charge is 2.19. The number of ether oxygens (including phenoxy) is 3. The molecule has 0 aliphatic heterocycles. The Morgan fingerprint density at radius 3 is 0.816 bits per heavy atom. The van der Waals surface area contributed by atoms with Crippen LogP contribution in [0, 0.1) is 0 Å². The number of carbonyl (C=O) groups is 3. The van der Waals surface area contributed by atoms with E-state index in [4.69, 9.17) is 14.2 Å². The van der Waals surface area contributed by atoms with Gasteiger partial charge in [-0.25, -0.2) is 0 Å². The van der Waals surface area contributed by atoms with Crippen molar-refractivity contribution in [2.45, 2.75) is 303 Å². The maximum absolute atomic E-state index is 12.9. The summed E-state index contributed by atoms with van der Waals surface area (Å²) in [6.07, 6.45) is 86.6. The molecule has 0 saturated heterocycles. The Kier molecular flexibility index (Phi) is 60.3. The molecule has 0 aliphatic carbocycles. The maximum atomic E-state index is 12.9. The summed E-state index contributed by atoms with van der Waals surface area (Å²) in [6.45, 7) is 6.41. The van der Waals surface area contributed by atoms with Crippen molar-refractivity contribution in [3.8, 4) is 0 Å². The van der Waals surface area contributed by atoms with Gasteiger partial charge in [-0.05, 0) is 122 Å². The number of hydrogen-bond acceptors (Lipinski definition) is 6. The normalized spacial score (nSPS) is 12.8. The molecule has 1 atom stereocenters. The molecule has 6 heteroatoms. The van der Waals surface area contributed by atoms with E-state index in [1.54, 1.807) is 0 Å². The zero-order valence-corrected chi connectivity index (χ0v) is 49.7. The predicted molar refractivity (Wildman–Crippen MR) is 330 cm³/mol. The molecule has 0 spiro atoms. The van der Waals surface area contributed by atoms with Crippen molar-refractivity contribution in [2.75, 3.05) is 13.2 Å². The summed E-state index contributed by atoms with van der Waals surface area (Å²) >= 11 is 0. The molecular weight excluding hydrogens is 937 g/mol. The highest BCUT2D eigenvalue weighted by atomic mass is 16.6. The Morgan fingerprint density at radius 2 is 0.513 bits per heavy atom. The molecule has 0 aromatic carbocycles. The first-order valence-electron chi connectivity index (χ1n) is 31.9. The second-order valence-electron chi connectivity index (χ2n) is 20.9. The van der Waals surface area contributed by atoms with Gasteiger partial charge < -0.3 is 14.2 Å². The predicted octanol–water partition coefficient (Wildman–Crippen LogP) is 21.8. The molecule has 0 amide bonds. The minimum Gasteiger partial charge on any atom is -0.462 e. The van der Waals surface area contributed by atoms with Crippen molar-refractivity contribution in [1.29, 1.82) is 0 Å². The fraction of sp³-hybridized carbons (Fsp3) is 0.700. The van der Waals surface area contributed by atoms with E-state index in [0.29, 0.717) is 19.3 Å². The first kappa shape index (κ1) is 72.1. The fourth-order valence-electron chi connectivity index (χ4n) is 8.77. The van der Waals surface area contributed by atoms with Crippen LogP contribution in [-0.4, -0.2) is 37.2 Å². The lowest BCUT2D eigenvalue weighted by Crippen LogP contribution is -2.30. The molecule has 0 aromatic heterocycles. The van der Waals surface area contributed by atoms with Crippen LogP contribution >= 0.6 is 0 Å². The van der Waals surface area contributed by atoms with Gasteiger partial charge in [-0.15, -0.1) is 0 Å². The third-order valence-corrected chi connectivity index (χ3v) is 13.5. The van der Waals surface area contributed by atoms with E-state index in [-0.39, 0.29) is 31.1 Å². The van der Waals surface area contributed by atoms with Gasteiger partial charge in [0.25, 0.3) is 0 Å². The lowest BCUT2D eigenvalue weighted by atomic mass is 10.1. The quantitative estimate of drug-likeness (QED) is 0.0261. The Morgan fingerprint density at radius 1 is 0.276 bits per heavy atom. The Labute approximate surface area is 470 Å². The number of rotatable bonds is 57. The number of hydrogen-bond donors (Lipinski definition) is 0. The molecule has 76 heavy (non-hydrogen) atoms. The Balaban J connectivity index is 4.38. The molecule has 1 unspecified atom stereocenters. The van der Waals surface area contributed by atoms with E-state index in [1.807, 2.05) is 0 Å². The van der Waals surface area contributed by atoms with Crippen LogP contribution in [0.15, 0.2) is 109 Å². The number of carbonyl (C=O) groups excluding carboxylic acids is 3. The first-order valence-corrected chi connectivity index (χ1v) is 31.9. The van der Waals surface area contributed by atoms with Crippen molar-refractivity contribution in [3.05, 3.63) is 109 Å². The van der Waals surface area contributed by atoms with Gasteiger partial charge >= 0.3 is 17.9 Å². The van der Waals surface area contributed by atoms with Crippen LogP contribution in [0.25, 0.3) is 0 Å². The zero-order valence-electron chi connectivity index (χ0n) is 49.7. The van der Waals surface area contributed by atoms with Gasteiger partial charge in [0.05, 0.1) is 0 Å². The van der Waals surface area contributed by atoms with Crippen LogP contribution in [0.1, 0.15) is 297 Å². The molecule has 0 saturated carbocycles. The van der Waals surface area contributed by atoms with Crippen LogP contribution in [-0.2, 0) is 28.6 Å². The van der Waals surface area contributed by atoms with Crippen LogP contribution < -0.4 is 0 Å². The smallest absolute Gasteiger partial charge is 0.306 e. The second-order valence-corrected chi connectivity index (χ2v) is 20.9. The zero-order chi connectivity index (χ0) is 55.0. The van der Waals surface area contributed by atoms with Crippen LogP contribution in [0.5, 0.6) is 0 Å². The minimum atomic E-state index is -0.792. The van der Waals surface area contributed by atoms with Crippen LogP contribution in [0.3, 0.4) is 0 Å². The molecule has 434 valence electrons.